The number of esters is 1. The van der Waals surface area contributed by atoms with Crippen LogP contribution in [0, 0.1) is 10.1 Å². The van der Waals surface area contributed by atoms with Gasteiger partial charge in [0.15, 0.2) is 0 Å². The molecule has 1 aliphatic heterocycles. The van der Waals surface area contributed by atoms with E-state index in [1.54, 1.807) is 6.92 Å². The number of hydrogen-bond donors (Lipinski definition) is 0. The van der Waals surface area contributed by atoms with Gasteiger partial charge < -0.3 is 9.47 Å². The highest BCUT2D eigenvalue weighted by Crippen LogP contribution is 2.46. The number of nitrogens with zero attached hydrogens (tertiary/aromatic N) is 2. The van der Waals surface area contributed by atoms with Gasteiger partial charge in [0.2, 0.25) is 0 Å². The van der Waals surface area contributed by atoms with Crippen LogP contribution in [-0.2, 0) is 19.6 Å². The van der Waals surface area contributed by atoms with Crippen LogP contribution < -0.4 is 4.74 Å². The van der Waals surface area contributed by atoms with Crippen LogP contribution in [0.4, 0.5) is 5.69 Å². The Labute approximate surface area is 173 Å². The lowest BCUT2D eigenvalue weighted by molar-refractivity contribution is -0.384. The fraction of sp³-hybridized carbons (Fsp3) is 0.250. The van der Waals surface area contributed by atoms with E-state index in [0.29, 0.717) is 11.3 Å². The average Bonchev–Trinajstić information content (AvgIpc) is 2.71. The van der Waals surface area contributed by atoms with Crippen molar-refractivity contribution < 1.29 is 27.6 Å². The maximum atomic E-state index is 13.3. The van der Waals surface area contributed by atoms with Crippen LogP contribution in [0.1, 0.15) is 24.9 Å². The molecule has 0 saturated carbocycles. The van der Waals surface area contributed by atoms with Crippen molar-refractivity contribution in [3.63, 3.8) is 0 Å². The molecule has 1 saturated heterocycles. The zero-order chi connectivity index (χ0) is 21.9. The maximum absolute atomic E-state index is 13.3. The van der Waals surface area contributed by atoms with Crippen molar-refractivity contribution in [2.75, 3.05) is 13.7 Å². The molecule has 0 amide bonds. The Bertz CT molecular complexity index is 1080. The van der Waals surface area contributed by atoms with Gasteiger partial charge >= 0.3 is 5.97 Å². The summed E-state index contributed by atoms with van der Waals surface area (Å²) in [5, 5.41) is 10.9. The molecule has 0 bridgehead atoms. The molecule has 2 aromatic rings. The van der Waals surface area contributed by atoms with Gasteiger partial charge in [-0.25, -0.2) is 13.2 Å². The Hall–Kier alpha value is -3.40. The second-order valence-corrected chi connectivity index (χ2v) is 8.25. The number of rotatable bonds is 7. The molecule has 0 aliphatic carbocycles. The third-order valence-electron chi connectivity index (χ3n) is 4.64. The van der Waals surface area contributed by atoms with Gasteiger partial charge in [-0.3, -0.25) is 14.4 Å². The summed E-state index contributed by atoms with van der Waals surface area (Å²) < 4.78 is 37.7. The van der Waals surface area contributed by atoms with E-state index in [0.717, 1.165) is 10.4 Å². The third-order valence-corrected chi connectivity index (χ3v) is 6.52. The minimum Gasteiger partial charge on any atom is -0.497 e. The predicted octanol–water partition coefficient (Wildman–Crippen LogP) is 3.19. The summed E-state index contributed by atoms with van der Waals surface area (Å²) in [5.74, 6) is -0.128. The van der Waals surface area contributed by atoms with Gasteiger partial charge in [-0.15, -0.1) is 0 Å². The van der Waals surface area contributed by atoms with Crippen molar-refractivity contribution in [1.82, 2.24) is 4.31 Å². The first-order valence-corrected chi connectivity index (χ1v) is 10.5. The van der Waals surface area contributed by atoms with Crippen LogP contribution >= 0.6 is 0 Å². The largest absolute Gasteiger partial charge is 0.497 e. The standard InChI is InChI=1S/C20H20N2O7S/c1-3-29-20(23)13-16-12-19(14-4-6-15(7-5-14)22(24)25)21(16)30(26,27)18-10-8-17(28-2)9-11-18/h4-11,13,19H,3,12H2,1-2H3/b16-13+/t19-/m1/s1. The second-order valence-electron chi connectivity index (χ2n) is 6.43. The number of sulfonamides is 1. The van der Waals surface area contributed by atoms with Crippen LogP contribution in [-0.4, -0.2) is 37.3 Å². The molecule has 1 heterocycles. The Morgan fingerprint density at radius 3 is 2.37 bits per heavy atom. The molecule has 1 aliphatic rings. The first kappa shape index (κ1) is 21.3. The van der Waals surface area contributed by atoms with E-state index in [1.807, 2.05) is 0 Å². The summed E-state index contributed by atoms with van der Waals surface area (Å²) >= 11 is 0. The van der Waals surface area contributed by atoms with Crippen LogP contribution in [0.15, 0.2) is 65.2 Å². The minimum atomic E-state index is -3.99. The fourth-order valence-electron chi connectivity index (χ4n) is 3.16. The van der Waals surface area contributed by atoms with Gasteiger partial charge in [-0.2, -0.15) is 0 Å². The molecule has 10 heteroatoms. The average molecular weight is 432 g/mol. The molecule has 158 valence electrons. The summed E-state index contributed by atoms with van der Waals surface area (Å²) in [6, 6.07) is 11.0. The summed E-state index contributed by atoms with van der Waals surface area (Å²) in [4.78, 5) is 22.3. The molecule has 0 N–H and O–H groups in total. The third kappa shape index (κ3) is 4.13. The maximum Gasteiger partial charge on any atom is 0.332 e. The smallest absolute Gasteiger partial charge is 0.332 e. The molecular weight excluding hydrogens is 412 g/mol. The van der Waals surface area contributed by atoms with E-state index in [1.165, 1.54) is 55.6 Å². The summed E-state index contributed by atoms with van der Waals surface area (Å²) in [6.07, 6.45) is 1.43. The number of nitro benzene ring substituents is 1. The highest BCUT2D eigenvalue weighted by molar-refractivity contribution is 7.89. The molecule has 1 fully saturated rings. The number of hydrogen-bond acceptors (Lipinski definition) is 7. The molecule has 0 radical (unpaired) electrons. The first-order valence-electron chi connectivity index (χ1n) is 9.08. The Morgan fingerprint density at radius 1 is 1.20 bits per heavy atom. The molecule has 30 heavy (non-hydrogen) atoms. The molecule has 0 unspecified atom stereocenters. The zero-order valence-electron chi connectivity index (χ0n) is 16.3. The zero-order valence-corrected chi connectivity index (χ0v) is 17.2. The van der Waals surface area contributed by atoms with Crippen molar-refractivity contribution in [2.45, 2.75) is 24.3 Å². The van der Waals surface area contributed by atoms with Crippen molar-refractivity contribution in [3.05, 3.63) is 76.0 Å². The highest BCUT2D eigenvalue weighted by atomic mass is 32.2. The van der Waals surface area contributed by atoms with Gasteiger partial charge in [-0.1, -0.05) is 12.1 Å². The van der Waals surface area contributed by atoms with Crippen LogP contribution in [0.2, 0.25) is 0 Å². The van der Waals surface area contributed by atoms with E-state index >= 15 is 0 Å². The second kappa shape index (κ2) is 8.54. The van der Waals surface area contributed by atoms with E-state index in [2.05, 4.69) is 0 Å². The lowest BCUT2D eigenvalue weighted by Crippen LogP contribution is -2.43. The van der Waals surface area contributed by atoms with Crippen LogP contribution in [0.3, 0.4) is 0 Å². The molecule has 9 nitrogen and oxygen atoms in total. The van der Waals surface area contributed by atoms with Gasteiger partial charge in [-0.05, 0) is 36.8 Å². The fourth-order valence-corrected chi connectivity index (χ4v) is 4.83. The number of benzene rings is 2. The molecule has 1 atom stereocenters. The monoisotopic (exact) mass is 432 g/mol. The lowest BCUT2D eigenvalue weighted by atomic mass is 9.94. The Morgan fingerprint density at radius 2 is 1.83 bits per heavy atom. The number of nitro groups is 1. The van der Waals surface area contributed by atoms with Gasteiger partial charge in [0.1, 0.15) is 5.75 Å². The van der Waals surface area contributed by atoms with E-state index in [4.69, 9.17) is 9.47 Å². The number of carbonyl (C=O) groups excluding carboxylic acids is 1. The molecule has 0 aromatic heterocycles. The van der Waals surface area contributed by atoms with Crippen molar-refractivity contribution >= 4 is 21.7 Å². The normalized spacial score (nSPS) is 17.3. The highest BCUT2D eigenvalue weighted by Gasteiger charge is 2.43. The molecule has 2 aromatic carbocycles. The van der Waals surface area contributed by atoms with Crippen molar-refractivity contribution in [3.8, 4) is 5.75 Å². The Balaban J connectivity index is 1.99. The number of carbonyl (C=O) groups is 1. The topological polar surface area (TPSA) is 116 Å². The molecule has 0 spiro atoms. The summed E-state index contributed by atoms with van der Waals surface area (Å²) in [5.41, 5.74) is 0.774. The van der Waals surface area contributed by atoms with Gasteiger partial charge in [0.05, 0.1) is 29.6 Å². The van der Waals surface area contributed by atoms with Crippen LogP contribution in [0.25, 0.3) is 0 Å². The minimum absolute atomic E-state index is 0.0321. The number of non-ortho nitro benzene ring substituents is 1. The summed E-state index contributed by atoms with van der Waals surface area (Å²) in [6.45, 7) is 1.82. The SMILES string of the molecule is CCOC(=O)/C=C1\C[C@H](c2ccc([N+](=O)[O-])cc2)N1S(=O)(=O)c1ccc(OC)cc1. The van der Waals surface area contributed by atoms with Crippen molar-refractivity contribution in [1.29, 1.82) is 0 Å². The predicted molar refractivity (Wildman–Crippen MR) is 107 cm³/mol. The van der Waals surface area contributed by atoms with E-state index in [-0.39, 0.29) is 29.3 Å². The van der Waals surface area contributed by atoms with Crippen LogP contribution in [0.5, 0.6) is 5.75 Å². The number of methoxy groups -OCH3 is 1. The molecule has 3 rings (SSSR count). The van der Waals surface area contributed by atoms with Gasteiger partial charge in [0, 0.05) is 30.3 Å². The van der Waals surface area contributed by atoms with Crippen molar-refractivity contribution in [2.24, 2.45) is 0 Å². The van der Waals surface area contributed by atoms with E-state index < -0.39 is 27.0 Å². The van der Waals surface area contributed by atoms with Gasteiger partial charge in [0.25, 0.3) is 15.7 Å². The summed E-state index contributed by atoms with van der Waals surface area (Å²) in [7, 11) is -2.52. The first-order chi connectivity index (χ1) is 14.3. The Kier molecular flexibility index (Phi) is 6.06. The van der Waals surface area contributed by atoms with E-state index in [9.17, 15) is 23.3 Å². The lowest BCUT2D eigenvalue weighted by Gasteiger charge is -2.44. The number of ether oxygens (including phenoxy) is 2. The quantitative estimate of drug-likeness (QED) is 0.285. The molecular formula is C20H20N2O7S.